The molecular weight excluding hydrogens is 294 g/mol. The zero-order valence-corrected chi connectivity index (χ0v) is 14.0. The number of nitrogens with zero attached hydrogens (tertiary/aromatic N) is 1. The first kappa shape index (κ1) is 16.0. The summed E-state index contributed by atoms with van der Waals surface area (Å²) < 4.78 is 0. The molecule has 0 unspecified atom stereocenters. The third-order valence-electron chi connectivity index (χ3n) is 3.93. The highest BCUT2D eigenvalue weighted by atomic mass is 16.6. The Hall–Kier alpha value is -2.87. The van der Waals surface area contributed by atoms with Crippen molar-refractivity contribution in [2.45, 2.75) is 19.4 Å². The Morgan fingerprint density at radius 2 is 1.08 bits per heavy atom. The maximum absolute atomic E-state index is 5.97. The van der Waals surface area contributed by atoms with Crippen LogP contribution in [0.15, 0.2) is 96.2 Å². The molecule has 0 aliphatic heterocycles. The van der Waals surface area contributed by atoms with E-state index in [1.807, 2.05) is 92.7 Å². The number of oxime groups is 1. The Morgan fingerprint density at radius 1 is 0.667 bits per heavy atom. The fourth-order valence-electron chi connectivity index (χ4n) is 2.52. The summed E-state index contributed by atoms with van der Waals surface area (Å²) in [5, 5.41) is 4.53. The molecule has 24 heavy (non-hydrogen) atoms. The van der Waals surface area contributed by atoms with Crippen LogP contribution in [0.25, 0.3) is 0 Å². The maximum atomic E-state index is 5.97. The molecule has 0 bridgehead atoms. The van der Waals surface area contributed by atoms with Crippen LogP contribution in [0, 0.1) is 0 Å². The van der Waals surface area contributed by atoms with Gasteiger partial charge in [-0.3, -0.25) is 0 Å². The van der Waals surface area contributed by atoms with Gasteiger partial charge in [-0.15, -0.1) is 0 Å². The first-order valence-corrected chi connectivity index (χ1v) is 8.09. The van der Waals surface area contributed by atoms with Crippen molar-refractivity contribution in [2.75, 3.05) is 0 Å². The van der Waals surface area contributed by atoms with Crippen LogP contribution in [-0.4, -0.2) is 5.71 Å². The van der Waals surface area contributed by atoms with Crippen molar-refractivity contribution in [2.24, 2.45) is 5.16 Å². The highest BCUT2D eigenvalue weighted by molar-refractivity contribution is 6.12. The minimum absolute atomic E-state index is 0.504. The number of hydrogen-bond acceptors (Lipinski definition) is 2. The Morgan fingerprint density at radius 3 is 1.54 bits per heavy atom. The molecule has 3 aromatic rings. The van der Waals surface area contributed by atoms with Gasteiger partial charge in [0.25, 0.3) is 0 Å². The molecule has 0 fully saturated rings. The molecule has 0 saturated heterocycles. The lowest BCUT2D eigenvalue weighted by molar-refractivity contribution is -0.0182. The van der Waals surface area contributed by atoms with Crippen LogP contribution in [-0.2, 0) is 10.4 Å². The Kier molecular flexibility index (Phi) is 4.76. The standard InChI is InChI=1S/C22H21NO/c1-22(2,20-16-10-5-11-17-20)24-23-21(18-12-6-3-7-13-18)19-14-8-4-9-15-19/h3-17H,1-2H3. The average molecular weight is 315 g/mol. The molecule has 0 saturated carbocycles. The lowest BCUT2D eigenvalue weighted by atomic mass is 9.99. The molecule has 0 aliphatic carbocycles. The van der Waals surface area contributed by atoms with Crippen LogP contribution in [0.3, 0.4) is 0 Å². The summed E-state index contributed by atoms with van der Waals surface area (Å²) in [5.74, 6) is 0. The van der Waals surface area contributed by atoms with Gasteiger partial charge >= 0.3 is 0 Å². The Labute approximate surface area is 143 Å². The van der Waals surface area contributed by atoms with E-state index < -0.39 is 5.60 Å². The van der Waals surface area contributed by atoms with Crippen LogP contribution in [0.1, 0.15) is 30.5 Å². The fourth-order valence-corrected chi connectivity index (χ4v) is 2.52. The van der Waals surface area contributed by atoms with E-state index in [1.165, 1.54) is 0 Å². The summed E-state index contributed by atoms with van der Waals surface area (Å²) in [4.78, 5) is 5.97. The van der Waals surface area contributed by atoms with Gasteiger partial charge in [-0.1, -0.05) is 96.2 Å². The third-order valence-corrected chi connectivity index (χ3v) is 3.93. The quantitative estimate of drug-likeness (QED) is 0.457. The predicted molar refractivity (Wildman–Crippen MR) is 99.1 cm³/mol. The average Bonchev–Trinajstić information content (AvgIpc) is 2.64. The molecule has 0 N–H and O–H groups in total. The van der Waals surface area contributed by atoms with Gasteiger partial charge in [-0.2, -0.15) is 0 Å². The van der Waals surface area contributed by atoms with E-state index in [9.17, 15) is 0 Å². The monoisotopic (exact) mass is 315 g/mol. The third kappa shape index (κ3) is 3.72. The van der Waals surface area contributed by atoms with Crippen molar-refractivity contribution in [3.05, 3.63) is 108 Å². The fraction of sp³-hybridized carbons (Fsp3) is 0.136. The molecule has 120 valence electrons. The number of hydrogen-bond donors (Lipinski definition) is 0. The van der Waals surface area contributed by atoms with E-state index in [4.69, 9.17) is 4.84 Å². The molecule has 0 atom stereocenters. The van der Waals surface area contributed by atoms with Gasteiger partial charge < -0.3 is 4.84 Å². The van der Waals surface area contributed by atoms with E-state index in [1.54, 1.807) is 0 Å². The molecular formula is C22H21NO. The molecule has 2 heteroatoms. The summed E-state index contributed by atoms with van der Waals surface area (Å²) in [7, 11) is 0. The molecule has 3 aromatic carbocycles. The summed E-state index contributed by atoms with van der Waals surface area (Å²) in [5.41, 5.74) is 3.49. The first-order valence-electron chi connectivity index (χ1n) is 8.09. The largest absolute Gasteiger partial charge is 0.384 e. The second-order valence-electron chi connectivity index (χ2n) is 6.14. The SMILES string of the molecule is CC(C)(ON=C(c1ccccc1)c1ccccc1)c1ccccc1. The van der Waals surface area contributed by atoms with Crippen LogP contribution in [0.2, 0.25) is 0 Å². The van der Waals surface area contributed by atoms with Crippen LogP contribution < -0.4 is 0 Å². The minimum atomic E-state index is -0.504. The first-order chi connectivity index (χ1) is 11.7. The van der Waals surface area contributed by atoms with Gasteiger partial charge in [0.05, 0.1) is 0 Å². The second-order valence-corrected chi connectivity index (χ2v) is 6.14. The molecule has 0 aliphatic rings. The summed E-state index contributed by atoms with van der Waals surface area (Å²) in [6.45, 7) is 4.05. The van der Waals surface area contributed by atoms with Crippen molar-refractivity contribution in [1.29, 1.82) is 0 Å². The van der Waals surface area contributed by atoms with Crippen LogP contribution in [0.5, 0.6) is 0 Å². The zero-order chi connectivity index (χ0) is 16.8. The molecule has 0 amide bonds. The smallest absolute Gasteiger partial charge is 0.157 e. The number of benzene rings is 3. The molecule has 0 heterocycles. The molecule has 2 nitrogen and oxygen atoms in total. The molecule has 0 spiro atoms. The topological polar surface area (TPSA) is 21.6 Å². The van der Waals surface area contributed by atoms with E-state index in [0.717, 1.165) is 22.4 Å². The van der Waals surface area contributed by atoms with Crippen molar-refractivity contribution >= 4 is 5.71 Å². The zero-order valence-electron chi connectivity index (χ0n) is 14.0. The van der Waals surface area contributed by atoms with Crippen LogP contribution >= 0.6 is 0 Å². The van der Waals surface area contributed by atoms with E-state index in [0.29, 0.717) is 0 Å². The van der Waals surface area contributed by atoms with Crippen LogP contribution in [0.4, 0.5) is 0 Å². The summed E-state index contributed by atoms with van der Waals surface area (Å²) in [6, 6.07) is 30.4. The van der Waals surface area contributed by atoms with Gasteiger partial charge in [0.2, 0.25) is 0 Å². The van der Waals surface area contributed by atoms with Gasteiger partial charge in [0.1, 0.15) is 5.71 Å². The van der Waals surface area contributed by atoms with E-state index >= 15 is 0 Å². The van der Waals surface area contributed by atoms with Gasteiger partial charge in [-0.05, 0) is 19.4 Å². The van der Waals surface area contributed by atoms with Crippen molar-refractivity contribution in [3.8, 4) is 0 Å². The Bertz CT molecular complexity index is 752. The summed E-state index contributed by atoms with van der Waals surface area (Å²) >= 11 is 0. The van der Waals surface area contributed by atoms with Crippen molar-refractivity contribution < 1.29 is 4.84 Å². The molecule has 3 rings (SSSR count). The van der Waals surface area contributed by atoms with Crippen molar-refractivity contribution in [3.63, 3.8) is 0 Å². The van der Waals surface area contributed by atoms with Gasteiger partial charge in [0, 0.05) is 11.1 Å². The van der Waals surface area contributed by atoms with Gasteiger partial charge in [0.15, 0.2) is 5.60 Å². The highest BCUT2D eigenvalue weighted by Gasteiger charge is 2.23. The lowest BCUT2D eigenvalue weighted by Gasteiger charge is -2.23. The van der Waals surface area contributed by atoms with Gasteiger partial charge in [-0.25, -0.2) is 0 Å². The number of rotatable bonds is 5. The molecule has 0 radical (unpaired) electrons. The predicted octanol–water partition coefficient (Wildman–Crippen LogP) is 5.39. The highest BCUT2D eigenvalue weighted by Crippen LogP contribution is 2.25. The normalized spacial score (nSPS) is 10.9. The minimum Gasteiger partial charge on any atom is -0.384 e. The molecule has 0 aromatic heterocycles. The van der Waals surface area contributed by atoms with Crippen molar-refractivity contribution in [1.82, 2.24) is 0 Å². The summed E-state index contributed by atoms with van der Waals surface area (Å²) in [6.07, 6.45) is 0. The van der Waals surface area contributed by atoms with E-state index in [2.05, 4.69) is 17.3 Å². The van der Waals surface area contributed by atoms with E-state index in [-0.39, 0.29) is 0 Å². The Balaban J connectivity index is 1.96. The second kappa shape index (κ2) is 7.14. The maximum Gasteiger partial charge on any atom is 0.157 e. The lowest BCUT2D eigenvalue weighted by Crippen LogP contribution is -2.20.